The number of hydrogen-bond donors (Lipinski definition) is 3. The van der Waals surface area contributed by atoms with Gasteiger partial charge in [0.1, 0.15) is 5.82 Å². The average molecular weight is 482 g/mol. The Hall–Kier alpha value is -2.80. The van der Waals surface area contributed by atoms with Gasteiger partial charge in [0.15, 0.2) is 0 Å². The van der Waals surface area contributed by atoms with Crippen molar-refractivity contribution in [1.82, 2.24) is 15.6 Å². The number of aliphatic hydroxyl groups is 1. The Labute approximate surface area is 206 Å². The van der Waals surface area contributed by atoms with E-state index in [0.717, 1.165) is 31.2 Å². The maximum atomic E-state index is 13.6. The molecule has 7 atom stereocenters. The van der Waals surface area contributed by atoms with Crippen LogP contribution in [0, 0.1) is 34.9 Å². The minimum absolute atomic E-state index is 0.0229. The quantitative estimate of drug-likeness (QED) is 0.580. The summed E-state index contributed by atoms with van der Waals surface area (Å²) in [6, 6.07) is 9.33. The molecule has 0 spiro atoms. The van der Waals surface area contributed by atoms with E-state index >= 15 is 0 Å². The predicted octanol–water partition coefficient (Wildman–Crippen LogP) is 4.09. The number of halogens is 1. The number of hydrogen-bond acceptors (Lipinski definition) is 4. The molecule has 2 fully saturated rings. The van der Waals surface area contributed by atoms with Crippen LogP contribution in [0.1, 0.15) is 62.4 Å². The van der Waals surface area contributed by atoms with Gasteiger partial charge in [-0.05, 0) is 78.7 Å². The lowest BCUT2D eigenvalue weighted by molar-refractivity contribution is -0.142. The van der Waals surface area contributed by atoms with Gasteiger partial charge in [0, 0.05) is 36.5 Å². The molecule has 0 saturated heterocycles. The fourth-order valence-corrected chi connectivity index (χ4v) is 6.43. The molecule has 1 aromatic carbocycles. The van der Waals surface area contributed by atoms with Crippen LogP contribution in [0.3, 0.4) is 0 Å². The van der Waals surface area contributed by atoms with Crippen LogP contribution >= 0.6 is 0 Å². The number of nitrogens with one attached hydrogen (secondary N) is 2. The van der Waals surface area contributed by atoms with Gasteiger partial charge in [-0.2, -0.15) is 0 Å². The van der Waals surface area contributed by atoms with Crippen molar-refractivity contribution in [2.45, 2.75) is 65.1 Å². The fourth-order valence-electron chi connectivity index (χ4n) is 6.43. The molecule has 35 heavy (non-hydrogen) atoms. The standard InChI is InChI=1S/C28H36FN3O3/c1-17(26(34)31-16-19-6-5-13-30-15-19)22-9-11-28(3)12-10-23(18(2)24(28)25(22)33)32-27(35)20-7-4-8-21(29)14-20/h4-8,13-15,17-18,22-25,33H,9-12,16H2,1-3H3,(H,31,34)(H,32,35)/t17-,18+,22-,23-,24+,25-,28-/m0/s1. The Balaban J connectivity index is 1.43. The number of pyridine rings is 1. The van der Waals surface area contributed by atoms with E-state index in [1.165, 1.54) is 18.2 Å². The predicted molar refractivity (Wildman–Crippen MR) is 132 cm³/mol. The van der Waals surface area contributed by atoms with Crippen molar-refractivity contribution in [1.29, 1.82) is 0 Å². The highest BCUT2D eigenvalue weighted by Gasteiger charge is 2.53. The summed E-state index contributed by atoms with van der Waals surface area (Å²) in [5.41, 5.74) is 1.19. The Bertz CT molecular complexity index is 1050. The van der Waals surface area contributed by atoms with Crippen molar-refractivity contribution in [2.24, 2.45) is 29.1 Å². The van der Waals surface area contributed by atoms with E-state index < -0.39 is 11.9 Å². The minimum Gasteiger partial charge on any atom is -0.392 e. The summed E-state index contributed by atoms with van der Waals surface area (Å²) in [5, 5.41) is 17.6. The first kappa shape index (κ1) is 25.3. The molecule has 1 aromatic heterocycles. The number of rotatable bonds is 6. The smallest absolute Gasteiger partial charge is 0.251 e. The first-order chi connectivity index (χ1) is 16.7. The third-order valence-electron chi connectivity index (χ3n) is 8.54. The molecular weight excluding hydrogens is 445 g/mol. The molecule has 7 heteroatoms. The minimum atomic E-state index is -0.642. The third-order valence-corrected chi connectivity index (χ3v) is 8.54. The zero-order valence-electron chi connectivity index (χ0n) is 20.7. The molecule has 1 heterocycles. The van der Waals surface area contributed by atoms with Gasteiger partial charge >= 0.3 is 0 Å². The normalized spacial score (nSPS) is 31.2. The van der Waals surface area contributed by atoms with E-state index in [1.807, 2.05) is 19.1 Å². The van der Waals surface area contributed by atoms with Gasteiger partial charge in [0.25, 0.3) is 5.91 Å². The van der Waals surface area contributed by atoms with E-state index in [9.17, 15) is 19.1 Å². The molecule has 3 N–H and O–H groups in total. The van der Waals surface area contributed by atoms with E-state index in [2.05, 4.69) is 29.5 Å². The average Bonchev–Trinajstić information content (AvgIpc) is 2.84. The zero-order chi connectivity index (χ0) is 25.2. The van der Waals surface area contributed by atoms with Crippen LogP contribution < -0.4 is 10.6 Å². The molecule has 0 bridgehead atoms. The van der Waals surface area contributed by atoms with Gasteiger partial charge in [0.2, 0.25) is 5.91 Å². The number of carbonyl (C=O) groups excluding carboxylic acids is 2. The monoisotopic (exact) mass is 481 g/mol. The second-order valence-electron chi connectivity index (χ2n) is 10.7. The molecule has 2 aromatic rings. The fraction of sp³-hybridized carbons (Fsp3) is 0.536. The summed E-state index contributed by atoms with van der Waals surface area (Å²) in [5.74, 6) is -1.31. The largest absolute Gasteiger partial charge is 0.392 e. The van der Waals surface area contributed by atoms with Crippen LogP contribution in [-0.2, 0) is 11.3 Å². The number of aromatic nitrogens is 1. The second-order valence-corrected chi connectivity index (χ2v) is 10.7. The Morgan fingerprint density at radius 3 is 2.71 bits per heavy atom. The number of amides is 2. The van der Waals surface area contributed by atoms with Crippen molar-refractivity contribution in [3.8, 4) is 0 Å². The number of benzene rings is 1. The van der Waals surface area contributed by atoms with Gasteiger partial charge in [-0.25, -0.2) is 4.39 Å². The van der Waals surface area contributed by atoms with Crippen molar-refractivity contribution in [3.05, 3.63) is 65.7 Å². The van der Waals surface area contributed by atoms with E-state index in [4.69, 9.17) is 0 Å². The Morgan fingerprint density at radius 1 is 1.23 bits per heavy atom. The van der Waals surface area contributed by atoms with E-state index in [-0.39, 0.29) is 46.9 Å². The maximum absolute atomic E-state index is 13.6. The summed E-state index contributed by atoms with van der Waals surface area (Å²) >= 11 is 0. The van der Waals surface area contributed by atoms with Crippen LogP contribution in [0.4, 0.5) is 4.39 Å². The second kappa shape index (κ2) is 10.4. The van der Waals surface area contributed by atoms with Gasteiger partial charge in [-0.1, -0.05) is 32.9 Å². The molecule has 188 valence electrons. The third kappa shape index (κ3) is 5.40. The van der Waals surface area contributed by atoms with E-state index in [0.29, 0.717) is 12.1 Å². The van der Waals surface area contributed by atoms with Crippen LogP contribution in [0.2, 0.25) is 0 Å². The molecule has 0 aliphatic heterocycles. The Kier molecular flexibility index (Phi) is 7.55. The highest BCUT2D eigenvalue weighted by atomic mass is 19.1. The van der Waals surface area contributed by atoms with Crippen LogP contribution in [-0.4, -0.2) is 34.1 Å². The first-order valence-electron chi connectivity index (χ1n) is 12.6. The van der Waals surface area contributed by atoms with E-state index in [1.54, 1.807) is 18.5 Å². The summed E-state index contributed by atoms with van der Waals surface area (Å²) < 4.78 is 13.6. The van der Waals surface area contributed by atoms with Crippen LogP contribution in [0.5, 0.6) is 0 Å². The molecular formula is C28H36FN3O3. The number of aliphatic hydroxyl groups excluding tert-OH is 1. The van der Waals surface area contributed by atoms with Crippen molar-refractivity contribution >= 4 is 11.8 Å². The maximum Gasteiger partial charge on any atom is 0.251 e. The SMILES string of the molecule is C[C@H]1[C@@H]2[C@@H](O)[C@H]([C@H](C)C(=O)NCc3cccnc3)CC[C@@]2(C)CC[C@@H]1NC(=O)c1cccc(F)c1. The van der Waals surface area contributed by atoms with Gasteiger partial charge in [0.05, 0.1) is 6.10 Å². The molecule has 2 amide bonds. The topological polar surface area (TPSA) is 91.3 Å². The lowest BCUT2D eigenvalue weighted by atomic mass is 9.51. The number of carbonyl (C=O) groups is 2. The van der Waals surface area contributed by atoms with Crippen molar-refractivity contribution in [2.75, 3.05) is 0 Å². The highest BCUT2D eigenvalue weighted by Crippen LogP contribution is 2.55. The number of nitrogens with zero attached hydrogens (tertiary/aromatic N) is 1. The van der Waals surface area contributed by atoms with Crippen molar-refractivity contribution in [3.63, 3.8) is 0 Å². The lowest BCUT2D eigenvalue weighted by Gasteiger charge is -2.56. The summed E-state index contributed by atoms with van der Waals surface area (Å²) in [7, 11) is 0. The summed E-state index contributed by atoms with van der Waals surface area (Å²) in [6.45, 7) is 6.61. The first-order valence-corrected chi connectivity index (χ1v) is 12.6. The zero-order valence-corrected chi connectivity index (χ0v) is 20.7. The molecule has 2 aliphatic rings. The van der Waals surface area contributed by atoms with Gasteiger partial charge < -0.3 is 15.7 Å². The number of fused-ring (bicyclic) bond motifs is 1. The van der Waals surface area contributed by atoms with Crippen LogP contribution in [0.15, 0.2) is 48.8 Å². The Morgan fingerprint density at radius 2 is 2.00 bits per heavy atom. The summed E-state index contributed by atoms with van der Waals surface area (Å²) in [6.07, 6.45) is 6.22. The molecule has 2 aliphatic carbocycles. The molecule has 0 radical (unpaired) electrons. The van der Waals surface area contributed by atoms with Crippen LogP contribution in [0.25, 0.3) is 0 Å². The summed E-state index contributed by atoms with van der Waals surface area (Å²) in [4.78, 5) is 29.8. The van der Waals surface area contributed by atoms with Gasteiger partial charge in [-0.15, -0.1) is 0 Å². The molecule has 4 rings (SSSR count). The van der Waals surface area contributed by atoms with Crippen molar-refractivity contribution < 1.29 is 19.1 Å². The molecule has 0 unspecified atom stereocenters. The molecule has 6 nitrogen and oxygen atoms in total. The lowest BCUT2D eigenvalue weighted by Crippen LogP contribution is -2.58. The van der Waals surface area contributed by atoms with Gasteiger partial charge in [-0.3, -0.25) is 14.6 Å². The molecule has 2 saturated carbocycles. The highest BCUT2D eigenvalue weighted by molar-refractivity contribution is 5.94.